The average Bonchev–Trinajstić information content (AvgIpc) is 2.10. The summed E-state index contributed by atoms with van der Waals surface area (Å²) < 4.78 is 1.09. The summed E-state index contributed by atoms with van der Waals surface area (Å²) in [4.78, 5) is 10.4. The van der Waals surface area contributed by atoms with Gasteiger partial charge in [-0.15, -0.1) is 0 Å². The van der Waals surface area contributed by atoms with Gasteiger partial charge in [0.05, 0.1) is 0 Å². The van der Waals surface area contributed by atoms with Crippen molar-refractivity contribution in [3.05, 3.63) is 33.8 Å². The summed E-state index contributed by atoms with van der Waals surface area (Å²) in [5.41, 5.74) is 2.43. The maximum absolute atomic E-state index is 10.4. The third-order valence-corrected chi connectivity index (χ3v) is 2.48. The molecule has 0 atom stereocenters. The normalized spacial score (nSPS) is 10.0. The molecule has 0 N–H and O–H groups in total. The largest absolute Gasteiger partial charge is 0.303 e. The van der Waals surface area contributed by atoms with Crippen molar-refractivity contribution < 1.29 is 4.79 Å². The van der Waals surface area contributed by atoms with E-state index in [0.29, 0.717) is 6.42 Å². The van der Waals surface area contributed by atoms with Crippen molar-refractivity contribution in [1.29, 1.82) is 0 Å². The topological polar surface area (TPSA) is 17.1 Å². The van der Waals surface area contributed by atoms with E-state index in [1.54, 1.807) is 0 Å². The van der Waals surface area contributed by atoms with Crippen molar-refractivity contribution in [2.24, 2.45) is 0 Å². The minimum absolute atomic E-state index is 0.530. The monoisotopic (exact) mass is 240 g/mol. The van der Waals surface area contributed by atoms with Gasteiger partial charge in [0.1, 0.15) is 6.29 Å². The van der Waals surface area contributed by atoms with E-state index in [0.717, 1.165) is 29.2 Å². The molecule has 13 heavy (non-hydrogen) atoms. The molecule has 2 heteroatoms. The molecule has 0 bridgehead atoms. The van der Waals surface area contributed by atoms with Crippen molar-refractivity contribution in [2.75, 3.05) is 0 Å². The van der Waals surface area contributed by atoms with Crippen LogP contribution in [0.5, 0.6) is 0 Å². The van der Waals surface area contributed by atoms with Crippen LogP contribution in [0.3, 0.4) is 0 Å². The minimum Gasteiger partial charge on any atom is -0.303 e. The Kier molecular flexibility index (Phi) is 4.16. The molecule has 0 aliphatic rings. The fraction of sp³-hybridized carbons (Fsp3) is 0.364. The highest BCUT2D eigenvalue weighted by molar-refractivity contribution is 9.10. The number of benzene rings is 1. The Hall–Kier alpha value is -0.630. The van der Waals surface area contributed by atoms with Crippen molar-refractivity contribution >= 4 is 22.2 Å². The van der Waals surface area contributed by atoms with Crippen LogP contribution in [0.25, 0.3) is 0 Å². The van der Waals surface area contributed by atoms with Crippen molar-refractivity contribution in [1.82, 2.24) is 0 Å². The summed E-state index contributed by atoms with van der Waals surface area (Å²) in [5, 5.41) is 0. The maximum atomic E-state index is 10.4. The van der Waals surface area contributed by atoms with Crippen LogP contribution in [0.15, 0.2) is 22.7 Å². The summed E-state index contributed by atoms with van der Waals surface area (Å²) >= 11 is 3.43. The second kappa shape index (κ2) is 5.18. The molecular formula is C11H13BrO. The van der Waals surface area contributed by atoms with Gasteiger partial charge in [0.15, 0.2) is 0 Å². The Bertz CT molecular complexity index is 294. The molecule has 0 heterocycles. The smallest absolute Gasteiger partial charge is 0.124 e. The van der Waals surface area contributed by atoms with Crippen LogP contribution in [0, 0.1) is 0 Å². The van der Waals surface area contributed by atoms with E-state index in [4.69, 9.17) is 0 Å². The summed E-state index contributed by atoms with van der Waals surface area (Å²) in [6.45, 7) is 2.14. The Morgan fingerprint density at radius 1 is 1.38 bits per heavy atom. The third-order valence-electron chi connectivity index (χ3n) is 1.99. The van der Waals surface area contributed by atoms with E-state index >= 15 is 0 Å². The lowest BCUT2D eigenvalue weighted by Crippen LogP contribution is -1.94. The molecule has 0 saturated carbocycles. The van der Waals surface area contributed by atoms with Crippen LogP contribution in [0.1, 0.15) is 24.5 Å². The van der Waals surface area contributed by atoms with Gasteiger partial charge in [0, 0.05) is 10.9 Å². The van der Waals surface area contributed by atoms with Crippen LogP contribution >= 0.6 is 15.9 Å². The Labute approximate surface area is 87.3 Å². The molecule has 1 nitrogen and oxygen atoms in total. The van der Waals surface area contributed by atoms with E-state index in [9.17, 15) is 4.79 Å². The zero-order valence-corrected chi connectivity index (χ0v) is 9.30. The summed E-state index contributed by atoms with van der Waals surface area (Å²) in [6.07, 6.45) is 3.65. The molecule has 0 saturated heterocycles. The molecule has 0 radical (unpaired) electrons. The van der Waals surface area contributed by atoms with Gasteiger partial charge in [-0.2, -0.15) is 0 Å². The first-order chi connectivity index (χ1) is 6.27. The van der Waals surface area contributed by atoms with Crippen LogP contribution in [0.4, 0.5) is 0 Å². The van der Waals surface area contributed by atoms with E-state index in [2.05, 4.69) is 28.9 Å². The van der Waals surface area contributed by atoms with Gasteiger partial charge in [-0.05, 0) is 29.7 Å². The molecule has 70 valence electrons. The fourth-order valence-electron chi connectivity index (χ4n) is 1.39. The van der Waals surface area contributed by atoms with Crippen molar-refractivity contribution in [3.8, 4) is 0 Å². The lowest BCUT2D eigenvalue weighted by molar-refractivity contribution is -0.107. The lowest BCUT2D eigenvalue weighted by Gasteiger charge is -2.06. The predicted octanol–water partition coefficient (Wildman–Crippen LogP) is 3.14. The van der Waals surface area contributed by atoms with Gasteiger partial charge < -0.3 is 4.79 Å². The standard InChI is InChI=1S/C11H13BrO/c1-2-3-10-8-11(12)5-4-9(10)6-7-13/h4-5,7-8H,2-3,6H2,1H3. The summed E-state index contributed by atoms with van der Waals surface area (Å²) in [7, 11) is 0. The Morgan fingerprint density at radius 2 is 2.15 bits per heavy atom. The predicted molar refractivity (Wildman–Crippen MR) is 57.9 cm³/mol. The summed E-state index contributed by atoms with van der Waals surface area (Å²) in [5.74, 6) is 0. The van der Waals surface area contributed by atoms with Crippen LogP contribution < -0.4 is 0 Å². The highest BCUT2D eigenvalue weighted by atomic mass is 79.9. The molecule has 0 aromatic heterocycles. The van der Waals surface area contributed by atoms with Crippen LogP contribution in [-0.2, 0) is 17.6 Å². The molecule has 0 amide bonds. The SMILES string of the molecule is CCCc1cc(Br)ccc1CC=O. The molecule has 1 aromatic carbocycles. The molecule has 1 rings (SSSR count). The van der Waals surface area contributed by atoms with Gasteiger partial charge in [0.2, 0.25) is 0 Å². The fourth-order valence-corrected chi connectivity index (χ4v) is 1.79. The molecule has 0 aliphatic heterocycles. The third kappa shape index (κ3) is 2.96. The zero-order chi connectivity index (χ0) is 9.68. The second-order valence-corrected chi connectivity index (χ2v) is 3.95. The second-order valence-electron chi connectivity index (χ2n) is 3.03. The first kappa shape index (κ1) is 10.5. The Balaban J connectivity index is 2.95. The number of carbonyl (C=O) groups excluding carboxylic acids is 1. The molecule has 0 spiro atoms. The van der Waals surface area contributed by atoms with E-state index < -0.39 is 0 Å². The molecule has 0 aliphatic carbocycles. The number of halogens is 1. The van der Waals surface area contributed by atoms with Crippen molar-refractivity contribution in [3.63, 3.8) is 0 Å². The van der Waals surface area contributed by atoms with E-state index in [-0.39, 0.29) is 0 Å². The number of aryl methyl sites for hydroxylation is 1. The quantitative estimate of drug-likeness (QED) is 0.740. The van der Waals surface area contributed by atoms with E-state index in [1.807, 2.05) is 12.1 Å². The number of carbonyl (C=O) groups is 1. The number of hydrogen-bond donors (Lipinski definition) is 0. The van der Waals surface area contributed by atoms with Crippen LogP contribution in [0.2, 0.25) is 0 Å². The van der Waals surface area contributed by atoms with Crippen molar-refractivity contribution in [2.45, 2.75) is 26.2 Å². The minimum atomic E-state index is 0.530. The first-order valence-corrected chi connectivity index (χ1v) is 5.28. The van der Waals surface area contributed by atoms with E-state index in [1.165, 1.54) is 5.56 Å². The Morgan fingerprint density at radius 3 is 2.77 bits per heavy atom. The highest BCUT2D eigenvalue weighted by Crippen LogP contribution is 2.18. The summed E-state index contributed by atoms with van der Waals surface area (Å²) in [6, 6.07) is 6.10. The van der Waals surface area contributed by atoms with Gasteiger partial charge >= 0.3 is 0 Å². The first-order valence-electron chi connectivity index (χ1n) is 4.49. The zero-order valence-electron chi connectivity index (χ0n) is 7.72. The highest BCUT2D eigenvalue weighted by Gasteiger charge is 2.01. The molecular weight excluding hydrogens is 228 g/mol. The maximum Gasteiger partial charge on any atom is 0.124 e. The van der Waals surface area contributed by atoms with Crippen LogP contribution in [-0.4, -0.2) is 6.29 Å². The number of aldehydes is 1. The molecule has 0 unspecified atom stereocenters. The van der Waals surface area contributed by atoms with Gasteiger partial charge in [-0.3, -0.25) is 0 Å². The number of hydrogen-bond acceptors (Lipinski definition) is 1. The molecule has 0 fully saturated rings. The average molecular weight is 241 g/mol. The van der Waals surface area contributed by atoms with Gasteiger partial charge in [-0.25, -0.2) is 0 Å². The molecule has 1 aromatic rings. The van der Waals surface area contributed by atoms with Gasteiger partial charge in [-0.1, -0.05) is 35.3 Å². The number of rotatable bonds is 4. The van der Waals surface area contributed by atoms with Gasteiger partial charge in [0.25, 0.3) is 0 Å². The lowest BCUT2D eigenvalue weighted by atomic mass is 10.0.